The lowest BCUT2D eigenvalue weighted by molar-refractivity contribution is 0.0928. The van der Waals surface area contributed by atoms with E-state index in [0.717, 1.165) is 22.6 Å². The van der Waals surface area contributed by atoms with Crippen LogP contribution in [0.4, 0.5) is 0 Å². The molecule has 0 spiro atoms. The van der Waals surface area contributed by atoms with Crippen molar-refractivity contribution in [3.05, 3.63) is 63.8 Å². The number of ether oxygens (including phenoxy) is 1. The van der Waals surface area contributed by atoms with Gasteiger partial charge in [-0.1, -0.05) is 11.2 Å². The summed E-state index contributed by atoms with van der Waals surface area (Å²) in [5, 5.41) is 11.2. The third kappa shape index (κ3) is 4.08. The minimum atomic E-state index is -0.300. The van der Waals surface area contributed by atoms with Crippen LogP contribution < -0.4 is 10.1 Å². The molecule has 0 fully saturated rings. The number of amides is 1. The van der Waals surface area contributed by atoms with Gasteiger partial charge in [0.2, 0.25) is 0 Å². The number of rotatable bonds is 6. The smallest absolute Gasteiger partial charge is 0.274 e. The predicted molar refractivity (Wildman–Crippen MR) is 105 cm³/mol. The van der Waals surface area contributed by atoms with Crippen molar-refractivity contribution in [2.45, 2.75) is 47.3 Å². The summed E-state index contributed by atoms with van der Waals surface area (Å²) in [4.78, 5) is 12.8. The second-order valence-electron chi connectivity index (χ2n) is 7.14. The molecule has 3 aromatic rings. The van der Waals surface area contributed by atoms with Crippen LogP contribution in [0.5, 0.6) is 5.75 Å². The highest BCUT2D eigenvalue weighted by Crippen LogP contribution is 2.22. The first-order valence-corrected chi connectivity index (χ1v) is 9.22. The van der Waals surface area contributed by atoms with E-state index in [9.17, 15) is 4.79 Å². The van der Waals surface area contributed by atoms with Crippen molar-refractivity contribution in [2.24, 2.45) is 7.05 Å². The molecule has 1 atom stereocenters. The molecule has 0 bridgehead atoms. The first-order valence-electron chi connectivity index (χ1n) is 9.22. The first-order chi connectivity index (χ1) is 13.3. The van der Waals surface area contributed by atoms with Gasteiger partial charge in [0, 0.05) is 18.8 Å². The largest absolute Gasteiger partial charge is 0.489 e. The van der Waals surface area contributed by atoms with Crippen LogP contribution in [0.15, 0.2) is 28.9 Å². The molecule has 2 aromatic heterocycles. The predicted octanol–water partition coefficient (Wildman–Crippen LogP) is 3.71. The maximum Gasteiger partial charge on any atom is 0.274 e. The van der Waals surface area contributed by atoms with Crippen LogP contribution in [0.25, 0.3) is 0 Å². The van der Waals surface area contributed by atoms with Crippen molar-refractivity contribution in [1.29, 1.82) is 0 Å². The summed E-state index contributed by atoms with van der Waals surface area (Å²) in [5.41, 5.74) is 5.08. The van der Waals surface area contributed by atoms with Crippen molar-refractivity contribution in [2.75, 3.05) is 0 Å². The minimum Gasteiger partial charge on any atom is -0.489 e. The van der Waals surface area contributed by atoms with Crippen LogP contribution in [-0.4, -0.2) is 20.8 Å². The molecule has 1 amide bonds. The van der Waals surface area contributed by atoms with E-state index in [1.807, 2.05) is 52.2 Å². The normalized spacial score (nSPS) is 12.1. The molecule has 7 nitrogen and oxygen atoms in total. The lowest BCUT2D eigenvalue weighted by Crippen LogP contribution is -2.28. The number of nitrogens with zero attached hydrogens (tertiary/aromatic N) is 3. The van der Waals surface area contributed by atoms with Crippen LogP contribution >= 0.6 is 0 Å². The van der Waals surface area contributed by atoms with E-state index in [4.69, 9.17) is 9.26 Å². The molecule has 2 heterocycles. The molecule has 1 N–H and O–H groups in total. The molecule has 0 aliphatic carbocycles. The lowest BCUT2D eigenvalue weighted by Gasteiger charge is -2.13. The van der Waals surface area contributed by atoms with Crippen molar-refractivity contribution >= 4 is 5.91 Å². The number of carbonyl (C=O) groups is 1. The van der Waals surface area contributed by atoms with Crippen LogP contribution in [0.1, 0.15) is 57.2 Å². The highest BCUT2D eigenvalue weighted by Gasteiger charge is 2.23. The van der Waals surface area contributed by atoms with Gasteiger partial charge in [-0.15, -0.1) is 0 Å². The Morgan fingerprint density at radius 2 is 2.00 bits per heavy atom. The highest BCUT2D eigenvalue weighted by molar-refractivity contribution is 5.94. The van der Waals surface area contributed by atoms with Crippen LogP contribution in [-0.2, 0) is 13.7 Å². The van der Waals surface area contributed by atoms with Gasteiger partial charge in [-0.2, -0.15) is 5.10 Å². The Bertz CT molecular complexity index is 1000. The molecule has 0 saturated carbocycles. The van der Waals surface area contributed by atoms with E-state index in [-0.39, 0.29) is 24.2 Å². The first kappa shape index (κ1) is 19.7. The van der Waals surface area contributed by atoms with Gasteiger partial charge in [0.05, 0.1) is 17.3 Å². The van der Waals surface area contributed by atoms with Crippen LogP contribution in [0.2, 0.25) is 0 Å². The maximum absolute atomic E-state index is 12.8. The van der Waals surface area contributed by atoms with Crippen LogP contribution in [0.3, 0.4) is 0 Å². The molecular formula is C21H26N4O3. The van der Waals surface area contributed by atoms with E-state index in [1.54, 1.807) is 11.6 Å². The van der Waals surface area contributed by atoms with E-state index in [1.165, 1.54) is 5.56 Å². The summed E-state index contributed by atoms with van der Waals surface area (Å²) in [7, 11) is 1.86. The van der Waals surface area contributed by atoms with Gasteiger partial charge in [-0.25, -0.2) is 0 Å². The summed E-state index contributed by atoms with van der Waals surface area (Å²) in [6.45, 7) is 9.91. The summed E-state index contributed by atoms with van der Waals surface area (Å²) in [6.07, 6.45) is 1.90. The Kier molecular flexibility index (Phi) is 5.53. The molecule has 0 aliphatic rings. The van der Waals surface area contributed by atoms with E-state index in [2.05, 4.69) is 22.5 Å². The van der Waals surface area contributed by atoms with Gasteiger partial charge in [-0.3, -0.25) is 9.48 Å². The monoisotopic (exact) mass is 382 g/mol. The topological polar surface area (TPSA) is 82.2 Å². The molecule has 1 unspecified atom stereocenters. The molecule has 148 valence electrons. The van der Waals surface area contributed by atoms with Crippen molar-refractivity contribution in [3.63, 3.8) is 0 Å². The third-order valence-corrected chi connectivity index (χ3v) is 4.93. The van der Waals surface area contributed by atoms with Gasteiger partial charge >= 0.3 is 0 Å². The van der Waals surface area contributed by atoms with Gasteiger partial charge < -0.3 is 14.6 Å². The summed E-state index contributed by atoms with van der Waals surface area (Å²) in [6, 6.07) is 5.70. The van der Waals surface area contributed by atoms with Crippen molar-refractivity contribution < 1.29 is 14.1 Å². The summed E-state index contributed by atoms with van der Waals surface area (Å²) < 4.78 is 12.9. The maximum atomic E-state index is 12.8. The molecule has 1 aromatic carbocycles. The van der Waals surface area contributed by atoms with Crippen LogP contribution in [0, 0.1) is 27.7 Å². The minimum absolute atomic E-state index is 0.202. The Morgan fingerprint density at radius 1 is 1.25 bits per heavy atom. The van der Waals surface area contributed by atoms with Gasteiger partial charge in [0.25, 0.3) is 5.91 Å². The quantitative estimate of drug-likeness (QED) is 0.703. The number of carbonyl (C=O) groups excluding carboxylic acids is 1. The number of nitrogens with one attached hydrogen (secondary N) is 1. The zero-order valence-corrected chi connectivity index (χ0v) is 17.2. The van der Waals surface area contributed by atoms with Gasteiger partial charge in [0.15, 0.2) is 5.69 Å². The number of hydrogen-bond donors (Lipinski definition) is 1. The van der Waals surface area contributed by atoms with Crippen molar-refractivity contribution in [1.82, 2.24) is 20.3 Å². The zero-order chi connectivity index (χ0) is 20.4. The molecule has 0 aliphatic heterocycles. The standard InChI is InChI=1S/C21H26N4O3/c1-12-7-8-17(9-13(12)2)27-11-19-16(5)28-24-20(19)21(26)22-14(3)18-10-25(6)23-15(18)4/h7-10,14H,11H2,1-6H3,(H,22,26). The zero-order valence-electron chi connectivity index (χ0n) is 17.2. The fourth-order valence-electron chi connectivity index (χ4n) is 3.08. The summed E-state index contributed by atoms with van der Waals surface area (Å²) in [5.74, 6) is 1.01. The average Bonchev–Trinajstić information content (AvgIpc) is 3.17. The number of benzene rings is 1. The Balaban J connectivity index is 1.73. The highest BCUT2D eigenvalue weighted by atomic mass is 16.5. The Labute approximate surface area is 164 Å². The summed E-state index contributed by atoms with van der Waals surface area (Å²) >= 11 is 0. The number of aryl methyl sites for hydroxylation is 5. The average molecular weight is 382 g/mol. The molecule has 0 saturated heterocycles. The second-order valence-corrected chi connectivity index (χ2v) is 7.14. The van der Waals surface area contributed by atoms with Crippen molar-refractivity contribution in [3.8, 4) is 5.75 Å². The molecule has 3 rings (SSSR count). The van der Waals surface area contributed by atoms with E-state index in [0.29, 0.717) is 11.3 Å². The fourth-order valence-corrected chi connectivity index (χ4v) is 3.08. The van der Waals surface area contributed by atoms with E-state index >= 15 is 0 Å². The number of aromatic nitrogens is 3. The molecule has 7 heteroatoms. The van der Waals surface area contributed by atoms with E-state index < -0.39 is 0 Å². The Morgan fingerprint density at radius 3 is 2.64 bits per heavy atom. The third-order valence-electron chi connectivity index (χ3n) is 4.93. The van der Waals surface area contributed by atoms with Gasteiger partial charge in [-0.05, 0) is 57.9 Å². The number of hydrogen-bond acceptors (Lipinski definition) is 5. The fraction of sp³-hybridized carbons (Fsp3) is 0.381. The second kappa shape index (κ2) is 7.88. The lowest BCUT2D eigenvalue weighted by atomic mass is 10.1. The SMILES string of the molecule is Cc1ccc(OCc2c(C(=O)NC(C)c3cn(C)nc3C)noc2C)cc1C. The van der Waals surface area contributed by atoms with Gasteiger partial charge in [0.1, 0.15) is 18.1 Å². The Hall–Kier alpha value is -3.09. The molecular weight excluding hydrogens is 356 g/mol. The molecule has 28 heavy (non-hydrogen) atoms. The molecule has 0 radical (unpaired) electrons.